The zero-order valence-corrected chi connectivity index (χ0v) is 15.6. The monoisotopic (exact) mass is 330 g/mol. The molecular weight excluding hydrogens is 296 g/mol. The number of nitrogen functional groups attached to an aromatic ring is 1. The Labute approximate surface area is 147 Å². The Morgan fingerprint density at radius 3 is 2.50 bits per heavy atom. The lowest BCUT2D eigenvalue weighted by atomic mass is 10.0. The van der Waals surface area contributed by atoms with E-state index in [0.29, 0.717) is 5.69 Å². The summed E-state index contributed by atoms with van der Waals surface area (Å²) in [7, 11) is 0. The van der Waals surface area contributed by atoms with Gasteiger partial charge >= 0.3 is 0 Å². The summed E-state index contributed by atoms with van der Waals surface area (Å²) in [5.74, 6) is -0.0228. The first-order valence-corrected chi connectivity index (χ1v) is 9.37. The van der Waals surface area contributed by atoms with Crippen LogP contribution >= 0.6 is 0 Å². The van der Waals surface area contributed by atoms with Crippen molar-refractivity contribution in [2.45, 2.75) is 78.2 Å². The molecule has 1 rings (SSSR count). The fourth-order valence-corrected chi connectivity index (χ4v) is 2.83. The van der Waals surface area contributed by atoms with E-state index in [4.69, 9.17) is 5.73 Å². The SMILES string of the molecule is CCCCCCCCCC(C)NC(=O)C=C(C)c1cccc(N)c1. The highest BCUT2D eigenvalue weighted by Gasteiger charge is 2.06. The molecule has 0 spiro atoms. The molecule has 3 N–H and O–H groups in total. The summed E-state index contributed by atoms with van der Waals surface area (Å²) in [4.78, 5) is 12.1. The van der Waals surface area contributed by atoms with Crippen LogP contribution < -0.4 is 11.1 Å². The van der Waals surface area contributed by atoms with Gasteiger partial charge in [0.15, 0.2) is 0 Å². The molecule has 134 valence electrons. The third kappa shape index (κ3) is 8.76. The highest BCUT2D eigenvalue weighted by Crippen LogP contribution is 2.16. The van der Waals surface area contributed by atoms with Crippen LogP contribution in [-0.4, -0.2) is 11.9 Å². The van der Waals surface area contributed by atoms with E-state index in [1.165, 1.54) is 44.9 Å². The number of carbonyl (C=O) groups is 1. The minimum absolute atomic E-state index is 0.0228. The lowest BCUT2D eigenvalue weighted by molar-refractivity contribution is -0.117. The molecule has 0 radical (unpaired) electrons. The first-order chi connectivity index (χ1) is 11.5. The number of carbonyl (C=O) groups excluding carboxylic acids is 1. The van der Waals surface area contributed by atoms with Crippen LogP contribution in [0.3, 0.4) is 0 Å². The maximum Gasteiger partial charge on any atom is 0.244 e. The molecule has 0 saturated carbocycles. The fourth-order valence-electron chi connectivity index (χ4n) is 2.83. The Balaban J connectivity index is 2.27. The number of hydrogen-bond acceptors (Lipinski definition) is 2. The molecule has 3 heteroatoms. The lowest BCUT2D eigenvalue weighted by Gasteiger charge is -2.13. The molecule has 0 saturated heterocycles. The Morgan fingerprint density at radius 2 is 1.83 bits per heavy atom. The van der Waals surface area contributed by atoms with Crippen LogP contribution in [0.2, 0.25) is 0 Å². The first kappa shape index (κ1) is 20.3. The van der Waals surface area contributed by atoms with Crippen LogP contribution in [0.5, 0.6) is 0 Å². The Kier molecular flexibility index (Phi) is 9.90. The van der Waals surface area contributed by atoms with E-state index < -0.39 is 0 Å². The van der Waals surface area contributed by atoms with Crippen LogP contribution in [0.25, 0.3) is 5.57 Å². The van der Waals surface area contributed by atoms with Crippen molar-refractivity contribution in [2.75, 3.05) is 5.73 Å². The van der Waals surface area contributed by atoms with E-state index >= 15 is 0 Å². The molecule has 0 aliphatic heterocycles. The van der Waals surface area contributed by atoms with Crippen molar-refractivity contribution in [1.82, 2.24) is 5.32 Å². The second-order valence-corrected chi connectivity index (χ2v) is 6.77. The molecule has 0 bridgehead atoms. The number of amides is 1. The molecule has 0 heterocycles. The van der Waals surface area contributed by atoms with Gasteiger partial charge in [0, 0.05) is 17.8 Å². The van der Waals surface area contributed by atoms with Gasteiger partial charge in [-0.2, -0.15) is 0 Å². The van der Waals surface area contributed by atoms with E-state index in [0.717, 1.165) is 17.6 Å². The van der Waals surface area contributed by atoms with E-state index in [-0.39, 0.29) is 11.9 Å². The number of rotatable bonds is 11. The molecule has 1 aromatic carbocycles. The number of allylic oxidation sites excluding steroid dienone is 1. The average molecular weight is 331 g/mol. The topological polar surface area (TPSA) is 55.1 Å². The summed E-state index contributed by atoms with van der Waals surface area (Å²) < 4.78 is 0. The second kappa shape index (κ2) is 11.7. The van der Waals surface area contributed by atoms with Gasteiger partial charge < -0.3 is 11.1 Å². The summed E-state index contributed by atoms with van der Waals surface area (Å²) >= 11 is 0. The molecule has 1 aromatic rings. The summed E-state index contributed by atoms with van der Waals surface area (Å²) in [6.45, 7) is 6.27. The largest absolute Gasteiger partial charge is 0.399 e. The normalized spacial score (nSPS) is 12.9. The van der Waals surface area contributed by atoms with E-state index in [9.17, 15) is 4.79 Å². The van der Waals surface area contributed by atoms with Crippen molar-refractivity contribution in [3.8, 4) is 0 Å². The minimum atomic E-state index is -0.0228. The second-order valence-electron chi connectivity index (χ2n) is 6.77. The van der Waals surface area contributed by atoms with Crippen molar-refractivity contribution in [3.63, 3.8) is 0 Å². The first-order valence-electron chi connectivity index (χ1n) is 9.37. The zero-order valence-electron chi connectivity index (χ0n) is 15.6. The number of anilines is 1. The smallest absolute Gasteiger partial charge is 0.244 e. The summed E-state index contributed by atoms with van der Waals surface area (Å²) in [6, 6.07) is 7.83. The van der Waals surface area contributed by atoms with Crippen LogP contribution in [-0.2, 0) is 4.79 Å². The van der Waals surface area contributed by atoms with Gasteiger partial charge in [-0.3, -0.25) is 4.79 Å². The predicted molar refractivity (Wildman–Crippen MR) is 105 cm³/mol. The standard InChI is InChI=1S/C21H34N2O/c1-4-5-6-7-8-9-10-12-18(3)23-21(24)15-17(2)19-13-11-14-20(22)16-19/h11,13-16,18H,4-10,12,22H2,1-3H3,(H,23,24). The van der Waals surface area contributed by atoms with E-state index in [1.807, 2.05) is 31.2 Å². The van der Waals surface area contributed by atoms with Crippen LogP contribution in [0.1, 0.15) is 77.7 Å². The van der Waals surface area contributed by atoms with Crippen molar-refractivity contribution >= 4 is 17.2 Å². The quantitative estimate of drug-likeness (QED) is 0.328. The van der Waals surface area contributed by atoms with Crippen LogP contribution in [0, 0.1) is 0 Å². The molecule has 1 amide bonds. The van der Waals surface area contributed by atoms with Gasteiger partial charge in [-0.25, -0.2) is 0 Å². The molecule has 0 aliphatic carbocycles. The third-order valence-electron chi connectivity index (χ3n) is 4.32. The molecule has 1 unspecified atom stereocenters. The van der Waals surface area contributed by atoms with Gasteiger partial charge in [-0.1, -0.05) is 64.0 Å². The fraction of sp³-hybridized carbons (Fsp3) is 0.571. The van der Waals surface area contributed by atoms with E-state index in [2.05, 4.69) is 19.2 Å². The Hall–Kier alpha value is -1.77. The molecule has 0 aromatic heterocycles. The summed E-state index contributed by atoms with van der Waals surface area (Å²) in [5, 5.41) is 3.06. The number of hydrogen-bond donors (Lipinski definition) is 2. The highest BCUT2D eigenvalue weighted by atomic mass is 16.1. The number of nitrogens with two attached hydrogens (primary N) is 1. The van der Waals surface area contributed by atoms with Crippen molar-refractivity contribution in [1.29, 1.82) is 0 Å². The van der Waals surface area contributed by atoms with Crippen molar-refractivity contribution in [2.24, 2.45) is 0 Å². The van der Waals surface area contributed by atoms with Gasteiger partial charge in [-0.05, 0) is 43.5 Å². The van der Waals surface area contributed by atoms with Crippen molar-refractivity contribution < 1.29 is 4.79 Å². The predicted octanol–water partition coefficient (Wildman–Crippen LogP) is 5.32. The van der Waals surface area contributed by atoms with Crippen LogP contribution in [0.15, 0.2) is 30.3 Å². The molecule has 0 aliphatic rings. The number of benzene rings is 1. The zero-order chi connectivity index (χ0) is 17.8. The number of nitrogens with one attached hydrogen (secondary N) is 1. The molecule has 0 fully saturated rings. The minimum Gasteiger partial charge on any atom is -0.399 e. The highest BCUT2D eigenvalue weighted by molar-refractivity contribution is 5.95. The van der Waals surface area contributed by atoms with Gasteiger partial charge in [0.05, 0.1) is 0 Å². The summed E-state index contributed by atoms with van der Waals surface area (Å²) in [5.41, 5.74) is 8.43. The average Bonchev–Trinajstić information content (AvgIpc) is 2.53. The Morgan fingerprint density at radius 1 is 1.17 bits per heavy atom. The maximum absolute atomic E-state index is 12.1. The lowest BCUT2D eigenvalue weighted by Crippen LogP contribution is -2.31. The molecule has 24 heavy (non-hydrogen) atoms. The van der Waals surface area contributed by atoms with Crippen LogP contribution in [0.4, 0.5) is 5.69 Å². The molecular formula is C21H34N2O. The van der Waals surface area contributed by atoms with Crippen molar-refractivity contribution in [3.05, 3.63) is 35.9 Å². The molecule has 1 atom stereocenters. The van der Waals surface area contributed by atoms with Gasteiger partial charge in [0.1, 0.15) is 0 Å². The van der Waals surface area contributed by atoms with E-state index in [1.54, 1.807) is 6.08 Å². The maximum atomic E-state index is 12.1. The van der Waals surface area contributed by atoms with Gasteiger partial charge in [0.25, 0.3) is 0 Å². The molecule has 3 nitrogen and oxygen atoms in total. The summed E-state index contributed by atoms with van der Waals surface area (Å²) in [6.07, 6.45) is 11.8. The Bertz CT molecular complexity index is 522. The third-order valence-corrected chi connectivity index (χ3v) is 4.32. The van der Waals surface area contributed by atoms with Gasteiger partial charge in [-0.15, -0.1) is 0 Å². The number of unbranched alkanes of at least 4 members (excludes halogenated alkanes) is 6. The van der Waals surface area contributed by atoms with Gasteiger partial charge in [0.2, 0.25) is 5.91 Å².